The third kappa shape index (κ3) is 2.58. The quantitative estimate of drug-likeness (QED) is 0.635. The van der Waals surface area contributed by atoms with Crippen LogP contribution in [-0.4, -0.2) is 17.7 Å². The van der Waals surface area contributed by atoms with Gasteiger partial charge in [-0.1, -0.05) is 0 Å². The van der Waals surface area contributed by atoms with Gasteiger partial charge in [-0.15, -0.1) is 0 Å². The predicted molar refractivity (Wildman–Crippen MR) is 50.9 cm³/mol. The van der Waals surface area contributed by atoms with E-state index < -0.39 is 0 Å². The molecule has 1 aromatic rings. The molecule has 0 bridgehead atoms. The second kappa shape index (κ2) is 4.65. The van der Waals surface area contributed by atoms with Crippen LogP contribution < -0.4 is 11.1 Å². The third-order valence-electron chi connectivity index (χ3n) is 1.83. The number of nitrogens with two attached hydrogens (primary N) is 1. The first-order valence-corrected chi connectivity index (χ1v) is 4.24. The Morgan fingerprint density at radius 1 is 1.69 bits per heavy atom. The summed E-state index contributed by atoms with van der Waals surface area (Å²) in [5, 5.41) is 11.9. The lowest BCUT2D eigenvalue weighted by Crippen LogP contribution is -2.21. The molecule has 1 aromatic heterocycles. The van der Waals surface area contributed by atoms with E-state index in [0.29, 0.717) is 12.2 Å². The van der Waals surface area contributed by atoms with Gasteiger partial charge in [-0.2, -0.15) is 5.26 Å². The van der Waals surface area contributed by atoms with Crippen LogP contribution in [0.25, 0.3) is 0 Å². The van der Waals surface area contributed by atoms with Gasteiger partial charge in [-0.25, -0.2) is 0 Å². The molecular weight excluding hydrogens is 164 g/mol. The summed E-state index contributed by atoms with van der Waals surface area (Å²) in [7, 11) is 1.87. The summed E-state index contributed by atoms with van der Waals surface area (Å²) >= 11 is 0. The minimum absolute atomic E-state index is 0.637. The Balaban J connectivity index is 2.54. The van der Waals surface area contributed by atoms with Crippen molar-refractivity contribution in [2.75, 3.05) is 13.1 Å². The molecular formula is C9H14N4. The molecule has 0 unspecified atom stereocenters. The molecule has 0 saturated carbocycles. The lowest BCUT2D eigenvalue weighted by atomic mass is 10.3. The van der Waals surface area contributed by atoms with Gasteiger partial charge in [0.1, 0.15) is 11.8 Å². The molecule has 1 heterocycles. The minimum atomic E-state index is 0.637. The van der Waals surface area contributed by atoms with E-state index in [1.54, 1.807) is 0 Å². The van der Waals surface area contributed by atoms with E-state index in [1.165, 1.54) is 0 Å². The average molecular weight is 178 g/mol. The van der Waals surface area contributed by atoms with Crippen molar-refractivity contribution in [1.29, 1.82) is 5.26 Å². The van der Waals surface area contributed by atoms with Gasteiger partial charge < -0.3 is 15.6 Å². The smallest absolute Gasteiger partial charge is 0.120 e. The summed E-state index contributed by atoms with van der Waals surface area (Å²) in [6.45, 7) is 2.21. The van der Waals surface area contributed by atoms with Crippen molar-refractivity contribution in [2.45, 2.75) is 6.54 Å². The molecule has 0 fully saturated rings. The molecule has 1 rings (SSSR count). The van der Waals surface area contributed by atoms with Gasteiger partial charge >= 0.3 is 0 Å². The monoisotopic (exact) mass is 178 g/mol. The highest BCUT2D eigenvalue weighted by Crippen LogP contribution is 2.05. The molecule has 0 aliphatic heterocycles. The van der Waals surface area contributed by atoms with E-state index in [4.69, 9.17) is 11.0 Å². The van der Waals surface area contributed by atoms with Crippen LogP contribution in [0.4, 0.5) is 0 Å². The van der Waals surface area contributed by atoms with Crippen LogP contribution in [0.3, 0.4) is 0 Å². The molecule has 0 spiro atoms. The van der Waals surface area contributed by atoms with Crippen LogP contribution in [-0.2, 0) is 13.6 Å². The van der Waals surface area contributed by atoms with E-state index in [0.717, 1.165) is 18.7 Å². The van der Waals surface area contributed by atoms with Gasteiger partial charge in [-0.05, 0) is 11.6 Å². The summed E-state index contributed by atoms with van der Waals surface area (Å²) in [4.78, 5) is 0. The van der Waals surface area contributed by atoms with Crippen molar-refractivity contribution in [3.05, 3.63) is 23.5 Å². The Labute approximate surface area is 78.0 Å². The topological polar surface area (TPSA) is 66.8 Å². The van der Waals surface area contributed by atoms with Crippen LogP contribution in [0.2, 0.25) is 0 Å². The Morgan fingerprint density at radius 3 is 3.00 bits per heavy atom. The Bertz CT molecular complexity index is 308. The lowest BCUT2D eigenvalue weighted by molar-refractivity contribution is 0.694. The van der Waals surface area contributed by atoms with E-state index >= 15 is 0 Å². The first-order chi connectivity index (χ1) is 6.27. The maximum atomic E-state index is 8.69. The van der Waals surface area contributed by atoms with Crippen molar-refractivity contribution in [1.82, 2.24) is 9.88 Å². The molecule has 0 atom stereocenters. The fourth-order valence-electron chi connectivity index (χ4n) is 1.18. The Hall–Kier alpha value is -1.31. The van der Waals surface area contributed by atoms with Crippen LogP contribution in [0.5, 0.6) is 0 Å². The number of nitrogens with zero attached hydrogens (tertiary/aromatic N) is 2. The van der Waals surface area contributed by atoms with Crippen molar-refractivity contribution in [3.63, 3.8) is 0 Å². The molecule has 0 radical (unpaired) electrons. The zero-order valence-corrected chi connectivity index (χ0v) is 7.75. The molecule has 0 aromatic carbocycles. The summed E-state index contributed by atoms with van der Waals surface area (Å²) in [6.07, 6.45) is 1.95. The van der Waals surface area contributed by atoms with Crippen LogP contribution in [0, 0.1) is 11.3 Å². The van der Waals surface area contributed by atoms with Crippen LogP contribution >= 0.6 is 0 Å². The first-order valence-electron chi connectivity index (χ1n) is 4.24. The summed E-state index contributed by atoms with van der Waals surface area (Å²) in [5.74, 6) is 0. The Kier molecular flexibility index (Phi) is 3.50. The first kappa shape index (κ1) is 9.78. The molecule has 4 nitrogen and oxygen atoms in total. The number of aromatic nitrogens is 1. The van der Waals surface area contributed by atoms with Crippen molar-refractivity contribution >= 4 is 0 Å². The number of hydrogen-bond acceptors (Lipinski definition) is 3. The highest BCUT2D eigenvalue weighted by molar-refractivity contribution is 5.28. The normalized spacial score (nSPS) is 9.92. The van der Waals surface area contributed by atoms with Gasteiger partial charge in [0.25, 0.3) is 0 Å². The van der Waals surface area contributed by atoms with Crippen molar-refractivity contribution < 1.29 is 0 Å². The molecule has 0 saturated heterocycles. The van der Waals surface area contributed by atoms with Gasteiger partial charge in [0.05, 0.1) is 0 Å². The van der Waals surface area contributed by atoms with Gasteiger partial charge in [0.15, 0.2) is 0 Å². The predicted octanol–water partition coefficient (Wildman–Crippen LogP) is -0.0549. The van der Waals surface area contributed by atoms with Crippen molar-refractivity contribution in [3.8, 4) is 6.07 Å². The lowest BCUT2D eigenvalue weighted by Gasteiger charge is -1.98. The van der Waals surface area contributed by atoms with E-state index in [9.17, 15) is 0 Å². The zero-order chi connectivity index (χ0) is 9.68. The fraction of sp³-hybridized carbons (Fsp3) is 0.444. The second-order valence-electron chi connectivity index (χ2n) is 2.92. The maximum Gasteiger partial charge on any atom is 0.120 e. The van der Waals surface area contributed by atoms with Crippen LogP contribution in [0.15, 0.2) is 12.3 Å². The molecule has 4 heteroatoms. The Morgan fingerprint density at radius 2 is 2.46 bits per heavy atom. The maximum absolute atomic E-state index is 8.69. The van der Waals surface area contributed by atoms with E-state index in [1.807, 2.05) is 23.9 Å². The standard InChI is InChI=1S/C9H14N4/c1-13-7-8(4-9(13)5-11)6-12-3-2-10/h4,7,12H,2-3,6,10H2,1H3. The number of rotatable bonds is 4. The number of nitrogens with one attached hydrogen (secondary N) is 1. The number of aryl methyl sites for hydroxylation is 1. The molecule has 70 valence electrons. The molecule has 0 aliphatic rings. The molecule has 3 N–H and O–H groups in total. The van der Waals surface area contributed by atoms with E-state index in [2.05, 4.69) is 11.4 Å². The highest BCUT2D eigenvalue weighted by atomic mass is 14.9. The van der Waals surface area contributed by atoms with Gasteiger partial charge in [0.2, 0.25) is 0 Å². The second-order valence-corrected chi connectivity index (χ2v) is 2.92. The molecule has 13 heavy (non-hydrogen) atoms. The van der Waals surface area contributed by atoms with E-state index in [-0.39, 0.29) is 0 Å². The largest absolute Gasteiger partial charge is 0.342 e. The van der Waals surface area contributed by atoms with Crippen LogP contribution in [0.1, 0.15) is 11.3 Å². The summed E-state index contributed by atoms with van der Waals surface area (Å²) in [6, 6.07) is 4.00. The summed E-state index contributed by atoms with van der Waals surface area (Å²) in [5.41, 5.74) is 7.14. The molecule has 0 aliphatic carbocycles. The summed E-state index contributed by atoms with van der Waals surface area (Å²) < 4.78 is 1.82. The van der Waals surface area contributed by atoms with Gasteiger partial charge in [-0.3, -0.25) is 0 Å². The third-order valence-corrected chi connectivity index (χ3v) is 1.83. The van der Waals surface area contributed by atoms with Gasteiger partial charge in [0, 0.05) is 32.9 Å². The highest BCUT2D eigenvalue weighted by Gasteiger charge is 2.00. The number of nitriles is 1. The minimum Gasteiger partial charge on any atom is -0.342 e. The average Bonchev–Trinajstić information content (AvgIpc) is 2.47. The molecule has 0 amide bonds. The fourth-order valence-corrected chi connectivity index (χ4v) is 1.18. The zero-order valence-electron chi connectivity index (χ0n) is 7.75. The number of hydrogen-bond donors (Lipinski definition) is 2. The van der Waals surface area contributed by atoms with Crippen molar-refractivity contribution in [2.24, 2.45) is 12.8 Å². The SMILES string of the molecule is Cn1cc(CNCCN)cc1C#N.